The molecule has 0 aliphatic heterocycles. The summed E-state index contributed by atoms with van der Waals surface area (Å²) in [4.78, 5) is 30.4. The fourth-order valence-corrected chi connectivity index (χ4v) is 3.35. The smallest absolute Gasteiger partial charge is 0.446 e. The number of pyridine rings is 1. The molecule has 0 aliphatic carbocycles. The molecule has 0 bridgehead atoms. The highest BCUT2D eigenvalue weighted by atomic mass is 32.2. The van der Waals surface area contributed by atoms with Crippen LogP contribution in [0.3, 0.4) is 0 Å². The summed E-state index contributed by atoms with van der Waals surface area (Å²) in [6.45, 7) is -0.00115. The SMILES string of the molecule is CN(C)C(=O)c1cnccc1Cn1cc(O)n(-c2ccc(SC(F)(F)F)cc2)c1=O. The van der Waals surface area contributed by atoms with E-state index in [2.05, 4.69) is 4.98 Å². The zero-order valence-electron chi connectivity index (χ0n) is 15.9. The molecule has 2 aromatic heterocycles. The Bertz CT molecular complexity index is 1120. The molecule has 0 saturated carbocycles. The first kappa shape index (κ1) is 21.5. The number of carbonyl (C=O) groups excluding carboxylic acids is 1. The second-order valence-electron chi connectivity index (χ2n) is 6.51. The van der Waals surface area contributed by atoms with Crippen LogP contribution in [0.15, 0.2) is 58.6 Å². The zero-order chi connectivity index (χ0) is 22.1. The molecule has 3 rings (SSSR count). The Hall–Kier alpha value is -3.21. The van der Waals surface area contributed by atoms with Gasteiger partial charge in [0.2, 0.25) is 5.88 Å². The van der Waals surface area contributed by atoms with Crippen LogP contribution < -0.4 is 5.69 Å². The highest BCUT2D eigenvalue weighted by Gasteiger charge is 2.29. The van der Waals surface area contributed by atoms with Crippen molar-refractivity contribution in [3.8, 4) is 11.6 Å². The lowest BCUT2D eigenvalue weighted by atomic mass is 10.1. The second kappa shape index (κ2) is 8.27. The van der Waals surface area contributed by atoms with Gasteiger partial charge in [0.15, 0.2) is 0 Å². The molecule has 30 heavy (non-hydrogen) atoms. The number of imidazole rings is 1. The minimum absolute atomic E-state index is 0.00115. The average molecular weight is 438 g/mol. The number of amides is 1. The van der Waals surface area contributed by atoms with Crippen LogP contribution in [0.5, 0.6) is 5.88 Å². The van der Waals surface area contributed by atoms with Gasteiger partial charge < -0.3 is 10.0 Å². The first-order valence-electron chi connectivity index (χ1n) is 8.58. The van der Waals surface area contributed by atoms with Gasteiger partial charge in [-0.15, -0.1) is 0 Å². The number of rotatable bonds is 5. The highest BCUT2D eigenvalue weighted by Crippen LogP contribution is 2.37. The van der Waals surface area contributed by atoms with Gasteiger partial charge in [-0.3, -0.25) is 14.3 Å². The molecular formula is C19H17F3N4O3S. The first-order valence-corrected chi connectivity index (χ1v) is 9.40. The third kappa shape index (κ3) is 4.67. The van der Waals surface area contributed by atoms with Crippen molar-refractivity contribution >= 4 is 17.7 Å². The molecule has 3 aromatic rings. The van der Waals surface area contributed by atoms with Gasteiger partial charge in [-0.25, -0.2) is 9.36 Å². The Morgan fingerprint density at radius 1 is 1.20 bits per heavy atom. The van der Waals surface area contributed by atoms with Gasteiger partial charge in [0.1, 0.15) is 0 Å². The molecule has 0 unspecified atom stereocenters. The Morgan fingerprint density at radius 2 is 1.87 bits per heavy atom. The number of thioether (sulfide) groups is 1. The molecule has 1 N–H and O–H groups in total. The largest absolute Gasteiger partial charge is 0.493 e. The van der Waals surface area contributed by atoms with Gasteiger partial charge in [-0.1, -0.05) is 0 Å². The van der Waals surface area contributed by atoms with Crippen molar-refractivity contribution in [2.45, 2.75) is 16.9 Å². The van der Waals surface area contributed by atoms with Crippen LogP contribution in [0, 0.1) is 0 Å². The quantitative estimate of drug-likeness (QED) is 0.620. The second-order valence-corrected chi connectivity index (χ2v) is 7.65. The lowest BCUT2D eigenvalue weighted by Crippen LogP contribution is -2.26. The van der Waals surface area contributed by atoms with Crippen LogP contribution in [0.25, 0.3) is 5.69 Å². The molecule has 11 heteroatoms. The van der Waals surface area contributed by atoms with E-state index in [0.29, 0.717) is 11.1 Å². The minimum atomic E-state index is -4.42. The predicted octanol–water partition coefficient (Wildman–Crippen LogP) is 3.10. The third-order valence-corrected chi connectivity index (χ3v) is 4.89. The Balaban J connectivity index is 1.93. The van der Waals surface area contributed by atoms with E-state index in [9.17, 15) is 27.9 Å². The van der Waals surface area contributed by atoms with Crippen LogP contribution in [0.4, 0.5) is 13.2 Å². The maximum Gasteiger partial charge on any atom is 0.446 e. The van der Waals surface area contributed by atoms with Crippen molar-refractivity contribution in [3.05, 3.63) is 70.5 Å². The van der Waals surface area contributed by atoms with Gasteiger partial charge in [0.25, 0.3) is 5.91 Å². The van der Waals surface area contributed by atoms with E-state index in [1.807, 2.05) is 0 Å². The fourth-order valence-electron chi connectivity index (χ4n) is 2.81. The molecule has 0 saturated heterocycles. The van der Waals surface area contributed by atoms with Gasteiger partial charge in [0, 0.05) is 31.4 Å². The molecule has 0 spiro atoms. The summed E-state index contributed by atoms with van der Waals surface area (Å²) in [5.74, 6) is -0.668. The number of nitrogens with zero attached hydrogens (tertiary/aromatic N) is 4. The Morgan fingerprint density at radius 3 is 2.47 bits per heavy atom. The average Bonchev–Trinajstić information content (AvgIpc) is 2.94. The summed E-state index contributed by atoms with van der Waals surface area (Å²) >= 11 is -0.270. The molecule has 0 radical (unpaired) electrons. The molecule has 2 heterocycles. The van der Waals surface area contributed by atoms with Crippen molar-refractivity contribution in [2.24, 2.45) is 0 Å². The Kier molecular flexibility index (Phi) is 5.92. The molecule has 1 amide bonds. The number of alkyl halides is 3. The van der Waals surface area contributed by atoms with Gasteiger partial charge in [0.05, 0.1) is 24.0 Å². The number of halogens is 3. The number of aromatic hydroxyl groups is 1. The molecule has 7 nitrogen and oxygen atoms in total. The van der Waals surface area contributed by atoms with Crippen LogP contribution in [-0.4, -0.2) is 49.6 Å². The summed E-state index contributed by atoms with van der Waals surface area (Å²) in [7, 11) is 3.18. The van der Waals surface area contributed by atoms with Crippen molar-refractivity contribution in [1.29, 1.82) is 0 Å². The van der Waals surface area contributed by atoms with Crippen LogP contribution in [-0.2, 0) is 6.54 Å². The number of hydrogen-bond donors (Lipinski definition) is 1. The van der Waals surface area contributed by atoms with E-state index in [-0.39, 0.29) is 40.7 Å². The van der Waals surface area contributed by atoms with E-state index in [1.54, 1.807) is 20.2 Å². The van der Waals surface area contributed by atoms with Gasteiger partial charge >= 0.3 is 11.2 Å². The van der Waals surface area contributed by atoms with E-state index in [0.717, 1.165) is 4.57 Å². The van der Waals surface area contributed by atoms with E-state index >= 15 is 0 Å². The standard InChI is InChI=1S/C19H17F3N4O3S/c1-24(2)17(28)15-9-23-8-7-12(15)10-25-11-16(27)26(18(25)29)13-3-5-14(6-4-13)30-19(20,21)22/h3-9,11,27H,10H2,1-2H3. The van der Waals surface area contributed by atoms with Crippen molar-refractivity contribution in [2.75, 3.05) is 14.1 Å². The number of benzene rings is 1. The summed E-state index contributed by atoms with van der Waals surface area (Å²) in [6, 6.07) is 6.65. The molecule has 0 fully saturated rings. The van der Waals surface area contributed by atoms with Crippen LogP contribution >= 0.6 is 11.8 Å². The minimum Gasteiger partial charge on any atom is -0.493 e. The van der Waals surface area contributed by atoms with E-state index in [4.69, 9.17) is 0 Å². The van der Waals surface area contributed by atoms with Gasteiger partial charge in [-0.05, 0) is 47.7 Å². The number of aromatic nitrogens is 3. The number of hydrogen-bond acceptors (Lipinski definition) is 5. The number of carbonyl (C=O) groups is 1. The molecule has 0 aliphatic rings. The summed E-state index contributed by atoms with van der Waals surface area (Å²) < 4.78 is 39.6. The monoisotopic (exact) mass is 438 g/mol. The molecular weight excluding hydrogens is 421 g/mol. The highest BCUT2D eigenvalue weighted by molar-refractivity contribution is 8.00. The molecule has 1 aromatic carbocycles. The summed E-state index contributed by atoms with van der Waals surface area (Å²) in [5, 5.41) is 10.2. The predicted molar refractivity (Wildman–Crippen MR) is 105 cm³/mol. The maximum absolute atomic E-state index is 12.8. The fraction of sp³-hybridized carbons (Fsp3) is 0.211. The maximum atomic E-state index is 12.8. The van der Waals surface area contributed by atoms with Crippen LogP contribution in [0.1, 0.15) is 15.9 Å². The van der Waals surface area contributed by atoms with E-state index < -0.39 is 11.2 Å². The zero-order valence-corrected chi connectivity index (χ0v) is 16.7. The lowest BCUT2D eigenvalue weighted by Gasteiger charge is -2.13. The van der Waals surface area contributed by atoms with Crippen molar-refractivity contribution in [3.63, 3.8) is 0 Å². The Labute approximate surface area is 173 Å². The first-order chi connectivity index (χ1) is 14.1. The van der Waals surface area contributed by atoms with Crippen molar-refractivity contribution < 1.29 is 23.1 Å². The summed E-state index contributed by atoms with van der Waals surface area (Å²) in [6.07, 6.45) is 4.09. The van der Waals surface area contributed by atoms with E-state index in [1.165, 1.54) is 52.3 Å². The van der Waals surface area contributed by atoms with Crippen molar-refractivity contribution in [1.82, 2.24) is 19.0 Å². The van der Waals surface area contributed by atoms with Crippen LogP contribution in [0.2, 0.25) is 0 Å². The lowest BCUT2D eigenvalue weighted by molar-refractivity contribution is -0.0328. The third-order valence-electron chi connectivity index (χ3n) is 4.15. The normalized spacial score (nSPS) is 11.5. The summed E-state index contributed by atoms with van der Waals surface area (Å²) in [5.41, 5.74) is -3.98. The van der Waals surface area contributed by atoms with Gasteiger partial charge in [-0.2, -0.15) is 13.2 Å². The topological polar surface area (TPSA) is 80.4 Å². The molecule has 158 valence electrons. The molecule has 0 atom stereocenters.